The van der Waals surface area contributed by atoms with E-state index in [1.165, 1.54) is 7.11 Å². The summed E-state index contributed by atoms with van der Waals surface area (Å²) in [4.78, 5) is 9.67. The van der Waals surface area contributed by atoms with E-state index in [0.29, 0.717) is 13.2 Å². The van der Waals surface area contributed by atoms with Gasteiger partial charge in [0.25, 0.3) is 0 Å². The van der Waals surface area contributed by atoms with Crippen molar-refractivity contribution in [2.45, 2.75) is 27.1 Å². The fraction of sp³-hybridized carbons (Fsp3) is 0.294. The van der Waals surface area contributed by atoms with Crippen molar-refractivity contribution in [3.63, 3.8) is 0 Å². The number of rotatable bonds is 6. The number of hydrogen-bond donors (Lipinski definition) is 0. The summed E-state index contributed by atoms with van der Waals surface area (Å²) in [5.41, 5.74) is 4.59. The first-order valence-electron chi connectivity index (χ1n) is 6.63. The lowest BCUT2D eigenvalue weighted by Gasteiger charge is -2.13. The van der Waals surface area contributed by atoms with Gasteiger partial charge < -0.3 is 4.74 Å². The maximum Gasteiger partial charge on any atom is 0.120 e. The fourth-order valence-electron chi connectivity index (χ4n) is 2.12. The third kappa shape index (κ3) is 3.83. The number of ether oxygens (including phenoxy) is 1. The Morgan fingerprint density at radius 1 is 0.900 bits per heavy atom. The van der Waals surface area contributed by atoms with Gasteiger partial charge in [0.15, 0.2) is 0 Å². The van der Waals surface area contributed by atoms with E-state index in [1.54, 1.807) is 0 Å². The highest BCUT2D eigenvalue weighted by molar-refractivity contribution is 5.40. The van der Waals surface area contributed by atoms with Gasteiger partial charge >= 0.3 is 0 Å². The van der Waals surface area contributed by atoms with Gasteiger partial charge in [-0.3, -0.25) is 0 Å². The Hall–Kier alpha value is -1.84. The van der Waals surface area contributed by atoms with E-state index in [0.717, 1.165) is 28.0 Å². The van der Waals surface area contributed by atoms with E-state index in [2.05, 4.69) is 30.9 Å². The first kappa shape index (κ1) is 14.6. The molecule has 0 aliphatic carbocycles. The van der Waals surface area contributed by atoms with Crippen LogP contribution in [0.5, 0.6) is 5.75 Å². The molecule has 20 heavy (non-hydrogen) atoms. The number of benzene rings is 2. The smallest absolute Gasteiger partial charge is 0.120 e. The van der Waals surface area contributed by atoms with Gasteiger partial charge in [-0.2, -0.15) is 0 Å². The van der Waals surface area contributed by atoms with E-state index in [-0.39, 0.29) is 0 Å². The second-order valence-corrected chi connectivity index (χ2v) is 4.74. The fourth-order valence-corrected chi connectivity index (χ4v) is 2.12. The van der Waals surface area contributed by atoms with Gasteiger partial charge in [0, 0.05) is 0 Å². The lowest BCUT2D eigenvalue weighted by Crippen LogP contribution is -2.01. The minimum absolute atomic E-state index is 0.452. The molecule has 0 aliphatic rings. The summed E-state index contributed by atoms with van der Waals surface area (Å²) in [6.45, 7) is 5.13. The summed E-state index contributed by atoms with van der Waals surface area (Å²) in [6.07, 6.45) is 0. The maximum absolute atomic E-state index is 5.84. The van der Waals surface area contributed by atoms with Crippen LogP contribution < -0.4 is 4.74 Å². The van der Waals surface area contributed by atoms with Crippen LogP contribution in [0, 0.1) is 13.8 Å². The van der Waals surface area contributed by atoms with Crippen LogP contribution in [0.15, 0.2) is 42.5 Å². The topological polar surface area (TPSA) is 27.7 Å². The van der Waals surface area contributed by atoms with Crippen LogP contribution in [0.4, 0.5) is 0 Å². The van der Waals surface area contributed by atoms with E-state index in [4.69, 9.17) is 9.62 Å². The van der Waals surface area contributed by atoms with Crippen LogP contribution in [-0.4, -0.2) is 7.11 Å². The Bertz CT molecular complexity index is 526. The highest BCUT2D eigenvalue weighted by Crippen LogP contribution is 2.23. The molecule has 2 aromatic rings. The van der Waals surface area contributed by atoms with E-state index in [1.807, 2.05) is 30.3 Å². The maximum atomic E-state index is 5.84. The Morgan fingerprint density at radius 3 is 2.15 bits per heavy atom. The monoisotopic (exact) mass is 272 g/mol. The molecule has 0 bridgehead atoms. The van der Waals surface area contributed by atoms with Crippen molar-refractivity contribution < 1.29 is 14.5 Å². The summed E-state index contributed by atoms with van der Waals surface area (Å²) in [5.74, 6) is 0.880. The summed E-state index contributed by atoms with van der Waals surface area (Å²) in [7, 11) is 1.52. The van der Waals surface area contributed by atoms with Gasteiger partial charge in [-0.15, -0.1) is 0 Å². The van der Waals surface area contributed by atoms with Gasteiger partial charge in [-0.1, -0.05) is 30.3 Å². The lowest BCUT2D eigenvalue weighted by molar-refractivity contribution is -0.282. The van der Waals surface area contributed by atoms with Crippen molar-refractivity contribution in [2.24, 2.45) is 0 Å². The zero-order chi connectivity index (χ0) is 14.4. The molecule has 0 spiro atoms. The molecule has 0 atom stereocenters. The van der Waals surface area contributed by atoms with Crippen LogP contribution in [0.2, 0.25) is 0 Å². The average Bonchev–Trinajstić information content (AvgIpc) is 2.45. The minimum atomic E-state index is 0.452. The molecule has 106 valence electrons. The number of hydrogen-bond acceptors (Lipinski definition) is 3. The van der Waals surface area contributed by atoms with Crippen LogP contribution in [0.25, 0.3) is 0 Å². The average molecular weight is 272 g/mol. The molecule has 0 aliphatic heterocycles. The zero-order valence-electron chi connectivity index (χ0n) is 12.2. The van der Waals surface area contributed by atoms with E-state index in [9.17, 15) is 0 Å². The molecule has 0 aromatic heterocycles. The van der Waals surface area contributed by atoms with Crippen LogP contribution in [0.3, 0.4) is 0 Å². The molecule has 3 heteroatoms. The van der Waals surface area contributed by atoms with E-state index < -0.39 is 0 Å². The molecular formula is C17H20O3. The van der Waals surface area contributed by atoms with Crippen LogP contribution in [0.1, 0.15) is 22.3 Å². The molecular weight excluding hydrogens is 252 g/mol. The van der Waals surface area contributed by atoms with Gasteiger partial charge in [0.1, 0.15) is 19.0 Å². The highest BCUT2D eigenvalue weighted by atomic mass is 17.2. The standard InChI is InChI=1S/C17H20O3/c1-13-9-16(10-14(2)17(13)12-20-18-3)19-11-15-7-5-4-6-8-15/h4-10H,11-12H2,1-3H3. The van der Waals surface area contributed by atoms with Crippen molar-refractivity contribution in [1.29, 1.82) is 0 Å². The van der Waals surface area contributed by atoms with Gasteiger partial charge in [-0.05, 0) is 48.2 Å². The molecule has 0 N–H and O–H groups in total. The molecule has 3 nitrogen and oxygen atoms in total. The Labute approximate surface area is 120 Å². The van der Waals surface area contributed by atoms with Gasteiger partial charge in [0.2, 0.25) is 0 Å². The van der Waals surface area contributed by atoms with Crippen molar-refractivity contribution in [3.8, 4) is 5.75 Å². The van der Waals surface area contributed by atoms with Crippen molar-refractivity contribution in [1.82, 2.24) is 0 Å². The second kappa shape index (κ2) is 7.08. The molecule has 0 saturated carbocycles. The Morgan fingerprint density at radius 2 is 1.55 bits per heavy atom. The van der Waals surface area contributed by atoms with Gasteiger partial charge in [-0.25, -0.2) is 9.78 Å². The lowest BCUT2D eigenvalue weighted by atomic mass is 10.0. The van der Waals surface area contributed by atoms with Crippen molar-refractivity contribution in [2.75, 3.05) is 7.11 Å². The zero-order valence-corrected chi connectivity index (χ0v) is 12.2. The SMILES string of the molecule is COOCc1c(C)cc(OCc2ccccc2)cc1C. The third-order valence-corrected chi connectivity index (χ3v) is 3.24. The normalized spacial score (nSPS) is 10.6. The molecule has 0 saturated heterocycles. The Kier molecular flexibility index (Phi) is 5.16. The van der Waals surface area contributed by atoms with Crippen molar-refractivity contribution in [3.05, 3.63) is 64.7 Å². The third-order valence-electron chi connectivity index (χ3n) is 3.24. The molecule has 2 rings (SSSR count). The van der Waals surface area contributed by atoms with E-state index >= 15 is 0 Å². The summed E-state index contributed by atoms with van der Waals surface area (Å²) < 4.78 is 5.84. The first-order chi connectivity index (χ1) is 9.70. The number of aryl methyl sites for hydroxylation is 2. The highest BCUT2D eigenvalue weighted by Gasteiger charge is 2.07. The quantitative estimate of drug-likeness (QED) is 0.588. The molecule has 0 amide bonds. The minimum Gasteiger partial charge on any atom is -0.489 e. The molecule has 0 heterocycles. The largest absolute Gasteiger partial charge is 0.489 e. The molecule has 2 aromatic carbocycles. The summed E-state index contributed by atoms with van der Waals surface area (Å²) in [5, 5.41) is 0. The van der Waals surface area contributed by atoms with Crippen LogP contribution in [-0.2, 0) is 23.0 Å². The Balaban J connectivity index is 2.06. The second-order valence-electron chi connectivity index (χ2n) is 4.74. The molecule has 0 fully saturated rings. The van der Waals surface area contributed by atoms with Crippen LogP contribution >= 0.6 is 0 Å². The summed E-state index contributed by atoms with van der Waals surface area (Å²) >= 11 is 0. The summed E-state index contributed by atoms with van der Waals surface area (Å²) in [6, 6.07) is 14.2. The van der Waals surface area contributed by atoms with Gasteiger partial charge in [0.05, 0.1) is 7.11 Å². The van der Waals surface area contributed by atoms with Crippen molar-refractivity contribution >= 4 is 0 Å². The first-order valence-corrected chi connectivity index (χ1v) is 6.63. The molecule has 0 radical (unpaired) electrons. The molecule has 0 unspecified atom stereocenters. The predicted octanol–water partition coefficient (Wildman–Crippen LogP) is 3.96. The predicted molar refractivity (Wildman–Crippen MR) is 78.5 cm³/mol.